The molecular weight excluding hydrogens is 155 g/mol. The number of benzene rings is 1. The van der Waals surface area contributed by atoms with Gasteiger partial charge in [-0.25, -0.2) is 4.39 Å². The molecule has 0 saturated heterocycles. The molecule has 0 spiro atoms. The van der Waals surface area contributed by atoms with Gasteiger partial charge in [-0.05, 0) is 18.2 Å². The van der Waals surface area contributed by atoms with Crippen LogP contribution < -0.4 is 0 Å². The zero-order chi connectivity index (χ0) is 8.55. The Labute approximate surface area is 68.2 Å². The summed E-state index contributed by atoms with van der Waals surface area (Å²) in [6.07, 6.45) is 1.57. The molecule has 1 aromatic heterocycles. The summed E-state index contributed by atoms with van der Waals surface area (Å²) in [5.41, 5.74) is 1.21. The minimum Gasteiger partial charge on any atom is -0.360 e. The first kappa shape index (κ1) is 6.86. The molecule has 0 radical (unpaired) electrons. The van der Waals surface area contributed by atoms with Gasteiger partial charge in [-0.1, -0.05) is 0 Å². The van der Waals surface area contributed by atoms with Gasteiger partial charge in [0.15, 0.2) is 0 Å². The highest BCUT2D eigenvalue weighted by Gasteiger charge is 2.02. The fourth-order valence-corrected chi connectivity index (χ4v) is 1.19. The molecule has 0 atom stereocenters. The van der Waals surface area contributed by atoms with Crippen molar-refractivity contribution in [2.75, 3.05) is 0 Å². The molecule has 1 heterocycles. The highest BCUT2D eigenvalue weighted by molar-refractivity contribution is 5.85. The summed E-state index contributed by atoms with van der Waals surface area (Å²) in [4.78, 5) is 2.82. The lowest BCUT2D eigenvalue weighted by molar-refractivity contribution is 0.629. The predicted octanol–water partition coefficient (Wildman–Crippen LogP) is 2.18. The van der Waals surface area contributed by atoms with Gasteiger partial charge in [0, 0.05) is 17.1 Å². The lowest BCUT2D eigenvalue weighted by atomic mass is 10.2. The average Bonchev–Trinajstić information content (AvgIpc) is 2.46. The van der Waals surface area contributed by atoms with Gasteiger partial charge in [-0.3, -0.25) is 0 Å². The minimum absolute atomic E-state index is 0.297. The highest BCUT2D eigenvalue weighted by Crippen LogP contribution is 2.17. The number of H-pyrrole nitrogens is 1. The smallest absolute Gasteiger partial charge is 0.125 e. The third-order valence-corrected chi connectivity index (χ3v) is 1.76. The Morgan fingerprint density at radius 3 is 3.00 bits per heavy atom. The van der Waals surface area contributed by atoms with Gasteiger partial charge < -0.3 is 4.98 Å². The molecule has 2 nitrogen and oxygen atoms in total. The van der Waals surface area contributed by atoms with Crippen molar-refractivity contribution >= 4 is 10.9 Å². The number of nitrogens with zero attached hydrogens (tertiary/aromatic N) is 1. The van der Waals surface area contributed by atoms with Crippen molar-refractivity contribution in [3.05, 3.63) is 35.8 Å². The Kier molecular flexibility index (Phi) is 1.34. The molecule has 0 saturated carbocycles. The van der Waals surface area contributed by atoms with Gasteiger partial charge >= 0.3 is 0 Å². The second-order valence-corrected chi connectivity index (χ2v) is 2.50. The van der Waals surface area contributed by atoms with E-state index in [9.17, 15) is 4.39 Å². The normalized spacial score (nSPS) is 10.0. The van der Waals surface area contributed by atoms with Crippen LogP contribution in [-0.4, -0.2) is 4.98 Å². The van der Waals surface area contributed by atoms with Crippen molar-refractivity contribution in [3.8, 4) is 6.07 Å². The molecule has 2 aromatic rings. The largest absolute Gasteiger partial charge is 0.360 e. The molecular formula is C9H5FN2. The summed E-state index contributed by atoms with van der Waals surface area (Å²) in [7, 11) is 0. The van der Waals surface area contributed by atoms with Crippen LogP contribution in [0.25, 0.3) is 10.9 Å². The first-order valence-corrected chi connectivity index (χ1v) is 3.48. The standard InChI is InChI=1S/C9H5FN2/c10-7-1-2-8-6(4-11)5-12-9(8)3-7/h1-3,5,12H. The number of rotatable bonds is 0. The van der Waals surface area contributed by atoms with Gasteiger partial charge in [0.2, 0.25) is 0 Å². The summed E-state index contributed by atoms with van der Waals surface area (Å²) in [5.74, 6) is -0.297. The average molecular weight is 160 g/mol. The molecule has 0 fully saturated rings. The van der Waals surface area contributed by atoms with Crippen molar-refractivity contribution in [2.24, 2.45) is 0 Å². The topological polar surface area (TPSA) is 39.6 Å². The number of fused-ring (bicyclic) bond motifs is 1. The molecule has 0 amide bonds. The fourth-order valence-electron chi connectivity index (χ4n) is 1.19. The third kappa shape index (κ3) is 0.857. The lowest BCUT2D eigenvalue weighted by Gasteiger charge is -1.89. The van der Waals surface area contributed by atoms with Crippen LogP contribution in [0.5, 0.6) is 0 Å². The maximum Gasteiger partial charge on any atom is 0.125 e. The lowest BCUT2D eigenvalue weighted by Crippen LogP contribution is -1.73. The maximum atomic E-state index is 12.6. The molecule has 0 unspecified atom stereocenters. The van der Waals surface area contributed by atoms with Crippen LogP contribution in [0.15, 0.2) is 24.4 Å². The summed E-state index contributed by atoms with van der Waals surface area (Å²) >= 11 is 0. The number of nitriles is 1. The van der Waals surface area contributed by atoms with E-state index in [1.807, 2.05) is 6.07 Å². The van der Waals surface area contributed by atoms with Crippen molar-refractivity contribution < 1.29 is 4.39 Å². The summed E-state index contributed by atoms with van der Waals surface area (Å²) in [6, 6.07) is 6.33. The van der Waals surface area contributed by atoms with E-state index in [0.717, 1.165) is 5.39 Å². The number of nitrogens with one attached hydrogen (secondary N) is 1. The van der Waals surface area contributed by atoms with Crippen molar-refractivity contribution in [3.63, 3.8) is 0 Å². The van der Waals surface area contributed by atoms with E-state index in [4.69, 9.17) is 5.26 Å². The monoisotopic (exact) mass is 160 g/mol. The quantitative estimate of drug-likeness (QED) is 0.630. The van der Waals surface area contributed by atoms with Crippen LogP contribution in [0, 0.1) is 17.1 Å². The Bertz CT molecular complexity index is 465. The van der Waals surface area contributed by atoms with Crippen molar-refractivity contribution in [1.82, 2.24) is 4.98 Å². The summed E-state index contributed by atoms with van der Waals surface area (Å²) < 4.78 is 12.6. The van der Waals surface area contributed by atoms with Crippen LogP contribution in [0.3, 0.4) is 0 Å². The van der Waals surface area contributed by atoms with Gasteiger partial charge in [-0.2, -0.15) is 5.26 Å². The Morgan fingerprint density at radius 2 is 2.25 bits per heavy atom. The molecule has 0 bridgehead atoms. The van der Waals surface area contributed by atoms with E-state index in [-0.39, 0.29) is 5.82 Å². The van der Waals surface area contributed by atoms with Crippen LogP contribution in [0.4, 0.5) is 4.39 Å². The molecule has 58 valence electrons. The molecule has 0 aliphatic rings. The Morgan fingerprint density at radius 1 is 1.42 bits per heavy atom. The molecule has 1 aromatic carbocycles. The number of halogens is 1. The molecule has 0 aliphatic heterocycles. The van der Waals surface area contributed by atoms with Crippen molar-refractivity contribution in [2.45, 2.75) is 0 Å². The van der Waals surface area contributed by atoms with E-state index in [1.54, 1.807) is 12.3 Å². The number of aromatic nitrogens is 1. The zero-order valence-electron chi connectivity index (χ0n) is 6.13. The van der Waals surface area contributed by atoms with Gasteiger partial charge in [0.1, 0.15) is 11.9 Å². The first-order valence-electron chi connectivity index (χ1n) is 3.48. The first-order chi connectivity index (χ1) is 5.81. The van der Waals surface area contributed by atoms with Gasteiger partial charge in [0.25, 0.3) is 0 Å². The Hall–Kier alpha value is -1.82. The molecule has 3 heteroatoms. The number of hydrogen-bond acceptors (Lipinski definition) is 1. The minimum atomic E-state index is -0.297. The van der Waals surface area contributed by atoms with Gasteiger partial charge in [0.05, 0.1) is 5.56 Å². The second-order valence-electron chi connectivity index (χ2n) is 2.50. The zero-order valence-corrected chi connectivity index (χ0v) is 6.13. The summed E-state index contributed by atoms with van der Waals surface area (Å²) in [5, 5.41) is 9.39. The van der Waals surface area contributed by atoms with E-state index in [2.05, 4.69) is 4.98 Å². The van der Waals surface area contributed by atoms with Crippen LogP contribution in [0.1, 0.15) is 5.56 Å². The molecule has 2 rings (SSSR count). The van der Waals surface area contributed by atoms with Gasteiger partial charge in [-0.15, -0.1) is 0 Å². The Balaban J connectivity index is 2.84. The number of hydrogen-bond donors (Lipinski definition) is 1. The second kappa shape index (κ2) is 2.35. The number of aromatic amines is 1. The van der Waals surface area contributed by atoms with Crippen molar-refractivity contribution in [1.29, 1.82) is 5.26 Å². The highest BCUT2D eigenvalue weighted by atomic mass is 19.1. The van der Waals surface area contributed by atoms with Crippen LogP contribution in [-0.2, 0) is 0 Å². The molecule has 1 N–H and O–H groups in total. The molecule has 0 aliphatic carbocycles. The molecule has 12 heavy (non-hydrogen) atoms. The SMILES string of the molecule is N#Cc1c[nH]c2cc(F)ccc12. The van der Waals surface area contributed by atoms with Crippen LogP contribution in [0.2, 0.25) is 0 Å². The maximum absolute atomic E-state index is 12.6. The fraction of sp³-hybridized carbons (Fsp3) is 0. The predicted molar refractivity (Wildman–Crippen MR) is 43.0 cm³/mol. The van der Waals surface area contributed by atoms with Crippen LogP contribution >= 0.6 is 0 Å². The van der Waals surface area contributed by atoms with E-state index in [1.165, 1.54) is 12.1 Å². The van der Waals surface area contributed by atoms with E-state index in [0.29, 0.717) is 11.1 Å². The van der Waals surface area contributed by atoms with E-state index < -0.39 is 0 Å². The van der Waals surface area contributed by atoms with E-state index >= 15 is 0 Å². The third-order valence-electron chi connectivity index (χ3n) is 1.76. The summed E-state index contributed by atoms with van der Waals surface area (Å²) in [6.45, 7) is 0.